The molecule has 1 saturated carbocycles. The van der Waals surface area contributed by atoms with Gasteiger partial charge in [-0.05, 0) is 31.1 Å². The molecule has 0 aromatic carbocycles. The van der Waals surface area contributed by atoms with Gasteiger partial charge in [0.25, 0.3) is 0 Å². The summed E-state index contributed by atoms with van der Waals surface area (Å²) in [5.74, 6) is 1.72. The highest BCUT2D eigenvalue weighted by Gasteiger charge is 2.19. The van der Waals surface area contributed by atoms with Gasteiger partial charge in [-0.15, -0.1) is 0 Å². The topological polar surface area (TPSA) is 20.2 Å². The molecule has 0 aromatic rings. The summed E-state index contributed by atoms with van der Waals surface area (Å²) in [7, 11) is 0. The van der Waals surface area contributed by atoms with Crippen molar-refractivity contribution in [3.8, 4) is 0 Å². The molecule has 66 valence electrons. The Balaban J connectivity index is 2.14. The zero-order chi connectivity index (χ0) is 8.10. The van der Waals surface area contributed by atoms with Gasteiger partial charge in [0, 0.05) is 11.9 Å². The Hall–Kier alpha value is 0.440. The van der Waals surface area contributed by atoms with E-state index in [1.807, 2.05) is 0 Å². The second-order valence-electron chi connectivity index (χ2n) is 3.55. The maximum atomic E-state index is 8.73. The monoisotopic (exact) mass is 220 g/mol. The molecule has 0 radical (unpaired) electrons. The number of aliphatic hydroxyl groups is 1. The van der Waals surface area contributed by atoms with Crippen molar-refractivity contribution in [3.05, 3.63) is 0 Å². The largest absolute Gasteiger partial charge is 0.396 e. The quantitative estimate of drug-likeness (QED) is 0.726. The van der Waals surface area contributed by atoms with Gasteiger partial charge < -0.3 is 5.11 Å². The molecule has 1 aliphatic rings. The van der Waals surface area contributed by atoms with E-state index < -0.39 is 0 Å². The van der Waals surface area contributed by atoms with Gasteiger partial charge in [0.2, 0.25) is 0 Å². The van der Waals surface area contributed by atoms with Crippen LogP contribution in [0.1, 0.15) is 32.1 Å². The fraction of sp³-hybridized carbons (Fsp3) is 1.00. The summed E-state index contributed by atoms with van der Waals surface area (Å²) < 4.78 is 0. The molecule has 0 heterocycles. The van der Waals surface area contributed by atoms with Crippen LogP contribution in [0, 0.1) is 11.8 Å². The molecule has 1 nitrogen and oxygen atoms in total. The Morgan fingerprint density at radius 1 is 1.09 bits per heavy atom. The highest BCUT2D eigenvalue weighted by atomic mass is 79.9. The van der Waals surface area contributed by atoms with Gasteiger partial charge in [0.05, 0.1) is 0 Å². The van der Waals surface area contributed by atoms with Crippen molar-refractivity contribution in [3.63, 3.8) is 0 Å². The smallest absolute Gasteiger partial charge is 0.0433 e. The first-order chi connectivity index (χ1) is 5.36. The van der Waals surface area contributed by atoms with Crippen molar-refractivity contribution in [2.24, 2.45) is 11.8 Å². The molecule has 0 aliphatic heterocycles. The summed E-state index contributed by atoms with van der Waals surface area (Å²) in [6.07, 6.45) is 6.40. The lowest BCUT2D eigenvalue weighted by Gasteiger charge is -2.26. The van der Waals surface area contributed by atoms with Crippen LogP contribution >= 0.6 is 15.9 Å². The predicted octanol–water partition coefficient (Wildman–Crippen LogP) is 2.57. The second-order valence-corrected chi connectivity index (χ2v) is 4.20. The minimum atomic E-state index is 0.379. The highest BCUT2D eigenvalue weighted by molar-refractivity contribution is 9.09. The van der Waals surface area contributed by atoms with Crippen LogP contribution in [0.4, 0.5) is 0 Å². The minimum Gasteiger partial charge on any atom is -0.396 e. The molecule has 0 bridgehead atoms. The van der Waals surface area contributed by atoms with Crippen molar-refractivity contribution in [1.82, 2.24) is 0 Å². The first kappa shape index (κ1) is 9.53. The molecule has 0 aromatic heterocycles. The normalized spacial score (nSPS) is 32.2. The van der Waals surface area contributed by atoms with Crippen molar-refractivity contribution < 1.29 is 5.11 Å². The molecule has 1 aliphatic carbocycles. The summed E-state index contributed by atoms with van der Waals surface area (Å²) in [4.78, 5) is 0. The average Bonchev–Trinajstić information content (AvgIpc) is 2.07. The Kier molecular flexibility index (Phi) is 4.46. The highest BCUT2D eigenvalue weighted by Crippen LogP contribution is 2.31. The lowest BCUT2D eigenvalue weighted by molar-refractivity contribution is 0.213. The molecule has 1 rings (SSSR count). The van der Waals surface area contributed by atoms with Crippen LogP contribution in [0.25, 0.3) is 0 Å². The third-order valence-corrected chi connectivity index (χ3v) is 3.64. The summed E-state index contributed by atoms with van der Waals surface area (Å²) in [6, 6.07) is 0. The summed E-state index contributed by atoms with van der Waals surface area (Å²) in [6.45, 7) is 0.379. The van der Waals surface area contributed by atoms with E-state index in [9.17, 15) is 0 Å². The lowest BCUT2D eigenvalue weighted by atomic mass is 9.82. The number of halogens is 1. The maximum absolute atomic E-state index is 8.73. The Morgan fingerprint density at radius 2 is 1.64 bits per heavy atom. The predicted molar refractivity (Wildman–Crippen MR) is 50.9 cm³/mol. The number of alkyl halides is 1. The average molecular weight is 221 g/mol. The van der Waals surface area contributed by atoms with Gasteiger partial charge in [0.15, 0.2) is 0 Å². The van der Waals surface area contributed by atoms with Crippen LogP contribution in [0.2, 0.25) is 0 Å². The first-order valence-electron chi connectivity index (χ1n) is 4.53. The molecular formula is C9H17BrO. The number of rotatable bonds is 3. The van der Waals surface area contributed by atoms with E-state index in [-0.39, 0.29) is 0 Å². The molecule has 0 amide bonds. The van der Waals surface area contributed by atoms with E-state index >= 15 is 0 Å². The lowest BCUT2D eigenvalue weighted by Crippen LogP contribution is -2.16. The fourth-order valence-corrected chi connectivity index (χ4v) is 2.50. The zero-order valence-electron chi connectivity index (χ0n) is 6.93. The fourth-order valence-electron chi connectivity index (χ4n) is 1.86. The van der Waals surface area contributed by atoms with Crippen LogP contribution in [-0.2, 0) is 0 Å². The molecule has 0 unspecified atom stereocenters. The van der Waals surface area contributed by atoms with Crippen LogP contribution in [-0.4, -0.2) is 17.0 Å². The van der Waals surface area contributed by atoms with Gasteiger partial charge in [-0.3, -0.25) is 0 Å². The van der Waals surface area contributed by atoms with Crippen LogP contribution in [0.15, 0.2) is 0 Å². The Labute approximate surface area is 77.3 Å². The zero-order valence-corrected chi connectivity index (χ0v) is 8.52. The van der Waals surface area contributed by atoms with Crippen molar-refractivity contribution in [2.75, 3.05) is 11.9 Å². The van der Waals surface area contributed by atoms with Crippen LogP contribution in [0.3, 0.4) is 0 Å². The van der Waals surface area contributed by atoms with Gasteiger partial charge in [-0.1, -0.05) is 28.8 Å². The molecule has 0 atom stereocenters. The van der Waals surface area contributed by atoms with E-state index in [1.54, 1.807) is 0 Å². The van der Waals surface area contributed by atoms with Gasteiger partial charge in [0.1, 0.15) is 0 Å². The molecular weight excluding hydrogens is 204 g/mol. The van der Waals surface area contributed by atoms with Crippen molar-refractivity contribution in [1.29, 1.82) is 0 Å². The molecule has 0 spiro atoms. The number of aliphatic hydroxyl groups excluding tert-OH is 1. The third kappa shape index (κ3) is 3.12. The van der Waals surface area contributed by atoms with E-state index in [4.69, 9.17) is 5.11 Å². The van der Waals surface area contributed by atoms with Crippen molar-refractivity contribution in [2.45, 2.75) is 32.1 Å². The summed E-state index contributed by atoms with van der Waals surface area (Å²) in [5.41, 5.74) is 0. The van der Waals surface area contributed by atoms with E-state index in [1.165, 1.54) is 31.0 Å². The standard InChI is InChI=1S/C9H17BrO/c10-7-9-3-1-8(2-4-9)5-6-11/h8-9,11H,1-7H2. The second kappa shape index (κ2) is 5.15. The molecule has 1 fully saturated rings. The van der Waals surface area contributed by atoms with E-state index in [0.29, 0.717) is 6.61 Å². The molecule has 2 heteroatoms. The SMILES string of the molecule is OCCC1CCC(CBr)CC1. The third-order valence-electron chi connectivity index (χ3n) is 2.72. The minimum absolute atomic E-state index is 0.379. The first-order valence-corrected chi connectivity index (χ1v) is 5.65. The van der Waals surface area contributed by atoms with Gasteiger partial charge in [-0.2, -0.15) is 0 Å². The van der Waals surface area contributed by atoms with Crippen LogP contribution < -0.4 is 0 Å². The van der Waals surface area contributed by atoms with Crippen molar-refractivity contribution >= 4 is 15.9 Å². The van der Waals surface area contributed by atoms with E-state index in [2.05, 4.69) is 15.9 Å². The molecule has 11 heavy (non-hydrogen) atoms. The summed E-state index contributed by atoms with van der Waals surface area (Å²) >= 11 is 3.52. The van der Waals surface area contributed by atoms with E-state index in [0.717, 1.165) is 18.3 Å². The van der Waals surface area contributed by atoms with Crippen LogP contribution in [0.5, 0.6) is 0 Å². The molecule has 0 saturated heterocycles. The molecule has 1 N–H and O–H groups in total. The van der Waals surface area contributed by atoms with Gasteiger partial charge >= 0.3 is 0 Å². The Morgan fingerprint density at radius 3 is 2.09 bits per heavy atom. The number of hydrogen-bond acceptors (Lipinski definition) is 1. The van der Waals surface area contributed by atoms with Gasteiger partial charge in [-0.25, -0.2) is 0 Å². The summed E-state index contributed by atoms with van der Waals surface area (Å²) in [5, 5.41) is 9.90. The maximum Gasteiger partial charge on any atom is 0.0433 e. The number of hydrogen-bond donors (Lipinski definition) is 1. The Bertz CT molecular complexity index is 97.7.